The van der Waals surface area contributed by atoms with E-state index in [1.807, 2.05) is 0 Å². The van der Waals surface area contributed by atoms with Crippen molar-refractivity contribution in [1.82, 2.24) is 4.98 Å². The predicted octanol–water partition coefficient (Wildman–Crippen LogP) is 4.56. The topological polar surface area (TPSA) is 129 Å². The van der Waals surface area contributed by atoms with Gasteiger partial charge in [0.1, 0.15) is 0 Å². The lowest BCUT2D eigenvalue weighted by Crippen LogP contribution is -2.62. The van der Waals surface area contributed by atoms with Crippen molar-refractivity contribution in [2.24, 2.45) is 46.3 Å². The highest BCUT2D eigenvalue weighted by Gasteiger charge is 2.65. The minimum atomic E-state index is -0.426. The number of fused-ring (bicyclic) bond motifs is 5. The second-order valence-corrected chi connectivity index (χ2v) is 14.6. The Hall–Kier alpha value is -1.55. The lowest BCUT2D eigenvalue weighted by molar-refractivity contribution is -0.207. The Morgan fingerprint density at radius 3 is 2.67 bits per heavy atom. The number of ether oxygens (including phenoxy) is 1. The number of carbonyl (C=O) groups is 2. The number of nitrogens with zero attached hydrogens (tertiary/aromatic N) is 1. The molecule has 224 valence electrons. The number of carbonyl (C=O) groups excluding carboxylic acids is 2. The second-order valence-electron chi connectivity index (χ2n) is 13.7. The first-order chi connectivity index (χ1) is 19.0. The first kappa shape index (κ1) is 29.9. The van der Waals surface area contributed by atoms with Crippen LogP contribution in [0.5, 0.6) is 0 Å². The first-order valence-electron chi connectivity index (χ1n) is 15.4. The van der Waals surface area contributed by atoms with Gasteiger partial charge in [0.2, 0.25) is 5.91 Å². The molecule has 4 saturated carbocycles. The average Bonchev–Trinajstić information content (AvgIpc) is 3.48. The standard InChI is InChI=1S/C31H48N2O6S/c1-5-39-27(38)14-19-16-40-29(32-19)33-26(37)9-6-17(2)21-7-8-22-28-23(15-25(36)31(21,22)4)30(3)11-10-20(34)12-18(30)13-24(28)35/h16-18,20-25,28,34-36H,5-15H2,1-4H3,(H,32,33,37)/t17-,18-,20-,21+,22-,23-,24-,25+,28+,30+,31-/m1/s1. The Bertz CT molecular complexity index is 1080. The van der Waals surface area contributed by atoms with Crippen molar-refractivity contribution in [3.8, 4) is 0 Å². The fraction of sp³-hybridized carbons (Fsp3) is 0.839. The van der Waals surface area contributed by atoms with Crippen LogP contribution in [0.15, 0.2) is 5.38 Å². The van der Waals surface area contributed by atoms with Crippen LogP contribution in [0.1, 0.15) is 91.2 Å². The van der Waals surface area contributed by atoms with E-state index in [0.29, 0.717) is 35.7 Å². The summed E-state index contributed by atoms with van der Waals surface area (Å²) >= 11 is 1.31. The SMILES string of the molecule is CCOC(=O)Cc1csc(NC(=O)CC[C@@H](C)[C@@H]2CC[C@@H]3[C@@H]4[C@H](O)C[C@H]5C[C@H](O)CC[C@]5(C)[C@@H]4C[C@H](O)[C@@]32C)n1. The molecule has 9 heteroatoms. The zero-order valence-electron chi connectivity index (χ0n) is 24.5. The van der Waals surface area contributed by atoms with Crippen LogP contribution in [-0.4, -0.2) is 57.1 Å². The van der Waals surface area contributed by atoms with Crippen LogP contribution < -0.4 is 5.32 Å². The van der Waals surface area contributed by atoms with Crippen molar-refractivity contribution in [3.63, 3.8) is 0 Å². The van der Waals surface area contributed by atoms with Crippen LogP contribution in [0.4, 0.5) is 5.13 Å². The van der Waals surface area contributed by atoms with Gasteiger partial charge in [0.25, 0.3) is 0 Å². The van der Waals surface area contributed by atoms with E-state index >= 15 is 0 Å². The maximum atomic E-state index is 12.8. The number of hydrogen-bond acceptors (Lipinski definition) is 8. The van der Waals surface area contributed by atoms with Gasteiger partial charge >= 0.3 is 5.97 Å². The van der Waals surface area contributed by atoms with Crippen LogP contribution in [0.2, 0.25) is 0 Å². The maximum absolute atomic E-state index is 12.8. The molecule has 8 nitrogen and oxygen atoms in total. The highest BCUT2D eigenvalue weighted by atomic mass is 32.1. The van der Waals surface area contributed by atoms with Crippen molar-refractivity contribution in [1.29, 1.82) is 0 Å². The zero-order valence-corrected chi connectivity index (χ0v) is 25.3. The summed E-state index contributed by atoms with van der Waals surface area (Å²) in [5.74, 6) is 1.21. The normalized spacial score (nSPS) is 41.4. The Morgan fingerprint density at radius 2 is 1.93 bits per heavy atom. The minimum Gasteiger partial charge on any atom is -0.466 e. The summed E-state index contributed by atoms with van der Waals surface area (Å²) in [5.41, 5.74) is 0.391. The molecule has 0 spiro atoms. The molecule has 40 heavy (non-hydrogen) atoms. The average molecular weight is 577 g/mol. The Morgan fingerprint density at radius 1 is 1.15 bits per heavy atom. The molecule has 0 unspecified atom stereocenters. The van der Waals surface area contributed by atoms with Gasteiger partial charge in [-0.1, -0.05) is 20.8 Å². The van der Waals surface area contributed by atoms with Gasteiger partial charge in [-0.05, 0) is 105 Å². The Balaban J connectivity index is 1.21. The highest BCUT2D eigenvalue weighted by molar-refractivity contribution is 7.13. The fourth-order valence-corrected chi connectivity index (χ4v) is 10.4. The van der Waals surface area contributed by atoms with E-state index in [2.05, 4.69) is 31.1 Å². The van der Waals surface area contributed by atoms with Crippen molar-refractivity contribution in [2.45, 2.75) is 110 Å². The molecule has 1 aromatic rings. The van der Waals surface area contributed by atoms with E-state index in [1.165, 1.54) is 11.3 Å². The zero-order chi connectivity index (χ0) is 28.8. The summed E-state index contributed by atoms with van der Waals surface area (Å²) in [4.78, 5) is 28.8. The third-order valence-corrected chi connectivity index (χ3v) is 12.6. The molecule has 1 aromatic heterocycles. The molecule has 0 saturated heterocycles. The Labute approximate surface area is 242 Å². The second kappa shape index (κ2) is 11.6. The van der Waals surface area contributed by atoms with Gasteiger partial charge in [0.05, 0.1) is 37.0 Å². The summed E-state index contributed by atoms with van der Waals surface area (Å²) in [6.45, 7) is 8.91. The van der Waals surface area contributed by atoms with E-state index in [4.69, 9.17) is 4.74 Å². The number of amides is 1. The molecular formula is C31H48N2O6S. The maximum Gasteiger partial charge on any atom is 0.311 e. The van der Waals surface area contributed by atoms with Crippen LogP contribution in [0.25, 0.3) is 0 Å². The van der Waals surface area contributed by atoms with Gasteiger partial charge in [0.15, 0.2) is 5.13 Å². The minimum absolute atomic E-state index is 0.0687. The third kappa shape index (κ3) is 5.36. The number of hydrogen-bond donors (Lipinski definition) is 4. The van der Waals surface area contributed by atoms with E-state index in [1.54, 1.807) is 12.3 Å². The molecule has 11 atom stereocenters. The lowest BCUT2D eigenvalue weighted by Gasteiger charge is -2.63. The lowest BCUT2D eigenvalue weighted by atomic mass is 9.43. The molecule has 1 amide bonds. The monoisotopic (exact) mass is 576 g/mol. The molecule has 1 heterocycles. The molecule has 4 aliphatic carbocycles. The van der Waals surface area contributed by atoms with Gasteiger partial charge in [0, 0.05) is 11.8 Å². The number of aliphatic hydroxyl groups excluding tert-OH is 3. The molecule has 0 aromatic carbocycles. The van der Waals surface area contributed by atoms with Crippen molar-refractivity contribution >= 4 is 28.3 Å². The summed E-state index contributed by atoms with van der Waals surface area (Å²) in [6.07, 6.45) is 6.19. The first-order valence-corrected chi connectivity index (χ1v) is 16.3. The number of aromatic nitrogens is 1. The number of anilines is 1. The van der Waals surface area contributed by atoms with Crippen LogP contribution in [0.3, 0.4) is 0 Å². The molecule has 4 N–H and O–H groups in total. The molecular weight excluding hydrogens is 528 g/mol. The van der Waals surface area contributed by atoms with E-state index in [0.717, 1.165) is 51.4 Å². The number of aliphatic hydroxyl groups is 3. The van der Waals surface area contributed by atoms with Crippen molar-refractivity contribution < 1.29 is 29.6 Å². The van der Waals surface area contributed by atoms with Gasteiger partial charge in [-0.25, -0.2) is 4.98 Å². The third-order valence-electron chi connectivity index (χ3n) is 11.8. The van der Waals surface area contributed by atoms with Crippen LogP contribution in [-0.2, 0) is 20.7 Å². The van der Waals surface area contributed by atoms with Crippen molar-refractivity contribution in [2.75, 3.05) is 11.9 Å². The summed E-state index contributed by atoms with van der Waals surface area (Å²) in [6, 6.07) is 0. The smallest absolute Gasteiger partial charge is 0.311 e. The molecule has 0 radical (unpaired) electrons. The van der Waals surface area contributed by atoms with Gasteiger partial charge in [-0.2, -0.15) is 0 Å². The van der Waals surface area contributed by atoms with E-state index in [-0.39, 0.29) is 65.0 Å². The number of esters is 1. The Kier molecular flexibility index (Phi) is 8.69. The van der Waals surface area contributed by atoms with Gasteiger partial charge in [-0.15, -0.1) is 11.3 Å². The number of nitrogens with one attached hydrogen (secondary N) is 1. The van der Waals surface area contributed by atoms with Crippen LogP contribution >= 0.6 is 11.3 Å². The molecule has 5 rings (SSSR count). The van der Waals surface area contributed by atoms with Crippen molar-refractivity contribution in [3.05, 3.63) is 11.1 Å². The van der Waals surface area contributed by atoms with E-state index in [9.17, 15) is 24.9 Å². The highest BCUT2D eigenvalue weighted by Crippen LogP contribution is 2.68. The van der Waals surface area contributed by atoms with E-state index < -0.39 is 6.10 Å². The fourth-order valence-electron chi connectivity index (χ4n) is 9.68. The summed E-state index contributed by atoms with van der Waals surface area (Å²) in [7, 11) is 0. The summed E-state index contributed by atoms with van der Waals surface area (Å²) < 4.78 is 4.97. The number of rotatable bonds is 8. The predicted molar refractivity (Wildman–Crippen MR) is 153 cm³/mol. The van der Waals surface area contributed by atoms with Crippen LogP contribution in [0, 0.1) is 46.3 Å². The van der Waals surface area contributed by atoms with Gasteiger partial charge < -0.3 is 25.4 Å². The summed E-state index contributed by atoms with van der Waals surface area (Å²) in [5, 5.41) is 38.7. The molecule has 0 aliphatic heterocycles. The molecule has 0 bridgehead atoms. The quantitative estimate of drug-likeness (QED) is 0.334. The molecule has 4 fully saturated rings. The number of thiazole rings is 1. The van der Waals surface area contributed by atoms with Gasteiger partial charge in [-0.3, -0.25) is 9.59 Å². The largest absolute Gasteiger partial charge is 0.466 e. The molecule has 4 aliphatic rings.